The summed E-state index contributed by atoms with van der Waals surface area (Å²) in [6.07, 6.45) is 0. The summed E-state index contributed by atoms with van der Waals surface area (Å²) in [6.45, 7) is 0. The van der Waals surface area contributed by atoms with E-state index in [4.69, 9.17) is 9.97 Å². The van der Waals surface area contributed by atoms with Crippen LogP contribution in [0, 0.1) is 0 Å². The second-order valence-electron chi connectivity index (χ2n) is 19.4. The van der Waals surface area contributed by atoms with Crippen LogP contribution in [0.5, 0.6) is 0 Å². The number of fused-ring (bicyclic) bond motifs is 10. The lowest BCUT2D eigenvalue weighted by atomic mass is 9.98. The summed E-state index contributed by atoms with van der Waals surface area (Å²) in [4.78, 5) is 10.7. The van der Waals surface area contributed by atoms with Crippen LogP contribution >= 0.6 is 0 Å². The van der Waals surface area contributed by atoms with Gasteiger partial charge < -0.3 is 9.13 Å². The van der Waals surface area contributed by atoms with Gasteiger partial charge in [-0.1, -0.05) is 170 Å². The van der Waals surface area contributed by atoms with E-state index in [1.807, 2.05) is 0 Å². The van der Waals surface area contributed by atoms with Crippen molar-refractivity contribution in [2.45, 2.75) is 0 Å². The molecule has 74 heavy (non-hydrogen) atoms. The predicted molar refractivity (Wildman–Crippen MR) is 310 cm³/mol. The van der Waals surface area contributed by atoms with E-state index in [-0.39, 0.29) is 0 Å². The molecule has 0 aliphatic rings. The van der Waals surface area contributed by atoms with Crippen LogP contribution < -0.4 is 0 Å². The molecule has 0 amide bonds. The fourth-order valence-electron chi connectivity index (χ4n) is 11.5. The molecule has 3 heterocycles. The second kappa shape index (κ2) is 16.9. The van der Waals surface area contributed by atoms with Crippen molar-refractivity contribution in [2.24, 2.45) is 0 Å². The Morgan fingerprint density at radius 3 is 1.20 bits per heavy atom. The molecule has 0 bridgehead atoms. The normalized spacial score (nSPS) is 11.8. The fraction of sp³-hybridized carbons (Fsp3) is 0. The van der Waals surface area contributed by atoms with Crippen LogP contribution in [0.3, 0.4) is 0 Å². The summed E-state index contributed by atoms with van der Waals surface area (Å²) in [6, 6.07) is 96.7. The highest BCUT2D eigenvalue weighted by molar-refractivity contribution is 6.14. The number of benzene rings is 12. The molecule has 0 radical (unpaired) electrons. The van der Waals surface area contributed by atoms with E-state index in [0.717, 1.165) is 60.9 Å². The molecule has 0 spiro atoms. The Balaban J connectivity index is 0.885. The largest absolute Gasteiger partial charge is 0.309 e. The number of hydrogen-bond donors (Lipinski definition) is 0. The van der Waals surface area contributed by atoms with Crippen LogP contribution in [0.4, 0.5) is 0 Å². The summed E-state index contributed by atoms with van der Waals surface area (Å²) in [7, 11) is 0. The molecule has 0 unspecified atom stereocenters. The first-order chi connectivity index (χ1) is 36.7. The summed E-state index contributed by atoms with van der Waals surface area (Å²) in [5.41, 5.74) is 17.9. The minimum absolute atomic E-state index is 0.697. The average molecular weight is 941 g/mol. The van der Waals surface area contributed by atoms with Crippen LogP contribution in [0.25, 0.3) is 143 Å². The van der Waals surface area contributed by atoms with Crippen molar-refractivity contribution in [1.82, 2.24) is 19.1 Å². The molecule has 0 saturated carbocycles. The van der Waals surface area contributed by atoms with Crippen molar-refractivity contribution in [3.63, 3.8) is 0 Å². The maximum Gasteiger partial charge on any atom is 0.160 e. The minimum atomic E-state index is 0.697. The van der Waals surface area contributed by atoms with E-state index in [1.54, 1.807) is 0 Å². The predicted octanol–water partition coefficient (Wildman–Crippen LogP) is 18.5. The third kappa shape index (κ3) is 6.84. The van der Waals surface area contributed by atoms with Crippen molar-refractivity contribution in [2.75, 3.05) is 0 Å². The van der Waals surface area contributed by atoms with E-state index in [9.17, 15) is 0 Å². The Hall–Kier alpha value is -9.90. The summed E-state index contributed by atoms with van der Waals surface area (Å²) in [5, 5.41) is 10.5. The number of hydrogen-bond acceptors (Lipinski definition) is 2. The molecule has 344 valence electrons. The number of para-hydroxylation sites is 1. The van der Waals surface area contributed by atoms with Gasteiger partial charge in [-0.05, 0) is 147 Å². The molecule has 4 nitrogen and oxygen atoms in total. The molecule has 0 saturated heterocycles. The SMILES string of the molecule is c1ccc(-c2ccc3c(c2)c2cc(-c4ccc5c(c4)c4cc(-c6ccccc6)ccc4n5-c4ccc(-c5nc(-c6ccc7ccccc7c6)c6ccc7ccccc7c6n5)cc4)ccc2n3-c2ccccc2)cc1. The summed E-state index contributed by atoms with van der Waals surface area (Å²) in [5.74, 6) is 0.697. The maximum atomic E-state index is 5.38. The molecule has 15 rings (SSSR count). The van der Waals surface area contributed by atoms with Crippen molar-refractivity contribution in [3.05, 3.63) is 267 Å². The Morgan fingerprint density at radius 2 is 0.649 bits per heavy atom. The molecule has 0 aliphatic heterocycles. The van der Waals surface area contributed by atoms with Crippen molar-refractivity contribution in [3.8, 4) is 67.4 Å². The first-order valence-electron chi connectivity index (χ1n) is 25.3. The van der Waals surface area contributed by atoms with Gasteiger partial charge in [-0.2, -0.15) is 0 Å². The lowest BCUT2D eigenvalue weighted by molar-refractivity contribution is 1.17. The van der Waals surface area contributed by atoms with Crippen molar-refractivity contribution < 1.29 is 0 Å². The lowest BCUT2D eigenvalue weighted by Gasteiger charge is -2.13. The maximum absolute atomic E-state index is 5.38. The lowest BCUT2D eigenvalue weighted by Crippen LogP contribution is -1.97. The van der Waals surface area contributed by atoms with Gasteiger partial charge in [0.15, 0.2) is 5.82 Å². The standard InChI is InChI=1S/C70H44N4/c1-4-14-45(15-5-1)51-29-36-64-60(41-51)62-43-53(31-38-65(62)73(64)56-21-8-3-9-22-56)54-32-39-67-63(44-54)61-42-52(46-16-6-2-7-17-46)30-37-66(61)74(67)57-33-26-49(27-34-57)70-71-68(55-25-24-47-18-10-11-20-50(47)40-55)59-35-28-48-19-12-13-23-58(48)69(59)72-70/h1-44H. The zero-order valence-electron chi connectivity index (χ0n) is 40.2. The van der Waals surface area contributed by atoms with Crippen molar-refractivity contribution in [1.29, 1.82) is 0 Å². The van der Waals surface area contributed by atoms with E-state index in [1.165, 1.54) is 76.7 Å². The molecular weight excluding hydrogens is 897 g/mol. The monoisotopic (exact) mass is 940 g/mol. The zero-order valence-corrected chi connectivity index (χ0v) is 40.2. The Bertz CT molecular complexity index is 4690. The molecule has 3 aromatic heterocycles. The summed E-state index contributed by atoms with van der Waals surface area (Å²) < 4.78 is 4.80. The molecule has 15 aromatic rings. The van der Waals surface area contributed by atoms with E-state index >= 15 is 0 Å². The topological polar surface area (TPSA) is 35.6 Å². The van der Waals surface area contributed by atoms with Crippen LogP contribution in [-0.4, -0.2) is 19.1 Å². The Labute approximate surface area is 427 Å². The van der Waals surface area contributed by atoms with Gasteiger partial charge in [0, 0.05) is 54.8 Å². The van der Waals surface area contributed by atoms with Crippen LogP contribution in [0.15, 0.2) is 267 Å². The average Bonchev–Trinajstić information content (AvgIpc) is 4.01. The van der Waals surface area contributed by atoms with Gasteiger partial charge in [0.1, 0.15) is 0 Å². The van der Waals surface area contributed by atoms with Crippen LogP contribution in [0.2, 0.25) is 0 Å². The van der Waals surface area contributed by atoms with Crippen LogP contribution in [-0.2, 0) is 0 Å². The molecule has 4 heteroatoms. The van der Waals surface area contributed by atoms with Gasteiger partial charge in [0.25, 0.3) is 0 Å². The fourth-order valence-corrected chi connectivity index (χ4v) is 11.5. The van der Waals surface area contributed by atoms with E-state index in [0.29, 0.717) is 5.82 Å². The van der Waals surface area contributed by atoms with Gasteiger partial charge in [-0.25, -0.2) is 9.97 Å². The first-order valence-corrected chi connectivity index (χ1v) is 25.3. The van der Waals surface area contributed by atoms with E-state index in [2.05, 4.69) is 276 Å². The van der Waals surface area contributed by atoms with Crippen molar-refractivity contribution >= 4 is 76.1 Å². The van der Waals surface area contributed by atoms with Gasteiger partial charge in [-0.15, -0.1) is 0 Å². The highest BCUT2D eigenvalue weighted by Crippen LogP contribution is 2.41. The molecular formula is C70H44N4. The number of nitrogens with zero attached hydrogens (tertiary/aromatic N) is 4. The Morgan fingerprint density at radius 1 is 0.230 bits per heavy atom. The van der Waals surface area contributed by atoms with Gasteiger partial charge in [0.2, 0.25) is 0 Å². The number of aromatic nitrogens is 4. The highest BCUT2D eigenvalue weighted by Gasteiger charge is 2.19. The molecule has 12 aromatic carbocycles. The third-order valence-corrected chi connectivity index (χ3v) is 15.1. The smallest absolute Gasteiger partial charge is 0.160 e. The zero-order chi connectivity index (χ0) is 48.7. The highest BCUT2D eigenvalue weighted by atomic mass is 15.0. The van der Waals surface area contributed by atoms with E-state index < -0.39 is 0 Å². The quantitative estimate of drug-likeness (QED) is 0.149. The second-order valence-corrected chi connectivity index (χ2v) is 19.4. The summed E-state index contributed by atoms with van der Waals surface area (Å²) >= 11 is 0. The molecule has 0 atom stereocenters. The molecule has 0 aliphatic carbocycles. The number of rotatable bonds is 7. The van der Waals surface area contributed by atoms with Gasteiger partial charge >= 0.3 is 0 Å². The van der Waals surface area contributed by atoms with Crippen LogP contribution in [0.1, 0.15) is 0 Å². The third-order valence-electron chi connectivity index (χ3n) is 15.1. The molecule has 0 N–H and O–H groups in total. The first kappa shape index (κ1) is 41.8. The minimum Gasteiger partial charge on any atom is -0.309 e. The van der Waals surface area contributed by atoms with Gasteiger partial charge in [0.05, 0.1) is 33.3 Å². The molecule has 0 fully saturated rings. The van der Waals surface area contributed by atoms with Gasteiger partial charge in [-0.3, -0.25) is 0 Å². The Kier molecular flexibility index (Phi) is 9.54.